The summed E-state index contributed by atoms with van der Waals surface area (Å²) in [4.78, 5) is 11.4. The van der Waals surface area contributed by atoms with E-state index in [0.717, 1.165) is 16.2 Å². The Morgan fingerprint density at radius 3 is 2.23 bits per heavy atom. The number of carboxylic acid groups (broad SMARTS) is 1. The van der Waals surface area contributed by atoms with Gasteiger partial charge in [-0.3, -0.25) is 0 Å². The van der Waals surface area contributed by atoms with Gasteiger partial charge in [-0.1, -0.05) is 24.3 Å². The van der Waals surface area contributed by atoms with Gasteiger partial charge in [-0.2, -0.15) is 0 Å². The Balaban J connectivity index is 2.17. The number of aromatic carboxylic acids is 1. The van der Waals surface area contributed by atoms with E-state index in [-0.39, 0.29) is 5.56 Å². The van der Waals surface area contributed by atoms with Gasteiger partial charge in [0, 0.05) is 0 Å². The van der Waals surface area contributed by atoms with Gasteiger partial charge in [0.25, 0.3) is 0 Å². The summed E-state index contributed by atoms with van der Waals surface area (Å²) in [5.41, 5.74) is 0.0771. The Labute approximate surface area is 130 Å². The van der Waals surface area contributed by atoms with Gasteiger partial charge in [-0.05, 0) is 56.1 Å². The number of hydrogen-bond donors (Lipinski definition) is 1. The normalized spacial score (nSPS) is 19.5. The van der Waals surface area contributed by atoms with Crippen molar-refractivity contribution in [2.24, 2.45) is 0 Å². The minimum absolute atomic E-state index is 0.239. The van der Waals surface area contributed by atoms with Crippen molar-refractivity contribution in [2.45, 2.75) is 38.9 Å². The monoisotopic (exact) mass is 298 g/mol. The van der Waals surface area contributed by atoms with Crippen molar-refractivity contribution < 1.29 is 19.2 Å². The molecule has 0 aliphatic carbocycles. The summed E-state index contributed by atoms with van der Waals surface area (Å²) in [7, 11) is -0.575. The van der Waals surface area contributed by atoms with E-state index < -0.39 is 24.3 Å². The van der Waals surface area contributed by atoms with Crippen LogP contribution in [0.2, 0.25) is 0 Å². The van der Waals surface area contributed by atoms with Crippen LogP contribution in [0, 0.1) is 0 Å². The van der Waals surface area contributed by atoms with Crippen LogP contribution >= 0.6 is 0 Å². The van der Waals surface area contributed by atoms with E-state index in [2.05, 4.69) is 0 Å². The van der Waals surface area contributed by atoms with E-state index in [0.29, 0.717) is 0 Å². The molecule has 0 saturated carbocycles. The van der Waals surface area contributed by atoms with Gasteiger partial charge < -0.3 is 14.4 Å². The molecule has 1 fully saturated rings. The van der Waals surface area contributed by atoms with Crippen LogP contribution in [-0.4, -0.2) is 29.4 Å². The second-order valence-electron chi connectivity index (χ2n) is 6.68. The summed E-state index contributed by atoms with van der Waals surface area (Å²) in [6, 6.07) is 11.0. The molecule has 2 aromatic carbocycles. The van der Waals surface area contributed by atoms with E-state index in [1.165, 1.54) is 0 Å². The van der Waals surface area contributed by atoms with E-state index in [1.807, 2.05) is 52.0 Å². The van der Waals surface area contributed by atoms with Crippen LogP contribution in [0.1, 0.15) is 38.1 Å². The highest BCUT2D eigenvalue weighted by Crippen LogP contribution is 2.37. The van der Waals surface area contributed by atoms with Crippen LogP contribution in [0.4, 0.5) is 0 Å². The average molecular weight is 298 g/mol. The third-order valence-corrected chi connectivity index (χ3v) is 4.65. The van der Waals surface area contributed by atoms with Crippen LogP contribution in [0.3, 0.4) is 0 Å². The predicted octanol–water partition coefficient (Wildman–Crippen LogP) is 2.84. The van der Waals surface area contributed by atoms with Gasteiger partial charge in [-0.15, -0.1) is 0 Å². The van der Waals surface area contributed by atoms with Gasteiger partial charge in [0.05, 0.1) is 16.8 Å². The highest BCUT2D eigenvalue weighted by atomic mass is 16.7. The lowest BCUT2D eigenvalue weighted by Gasteiger charge is -2.32. The highest BCUT2D eigenvalue weighted by Gasteiger charge is 2.52. The Morgan fingerprint density at radius 2 is 1.64 bits per heavy atom. The second kappa shape index (κ2) is 4.83. The largest absolute Gasteiger partial charge is 0.495 e. The lowest BCUT2D eigenvalue weighted by atomic mass is 9.75. The third-order valence-electron chi connectivity index (χ3n) is 4.65. The van der Waals surface area contributed by atoms with Gasteiger partial charge in [-0.25, -0.2) is 4.79 Å². The van der Waals surface area contributed by atoms with Crippen molar-refractivity contribution in [1.82, 2.24) is 0 Å². The molecule has 5 heteroatoms. The molecule has 0 aromatic heterocycles. The van der Waals surface area contributed by atoms with Gasteiger partial charge >= 0.3 is 13.1 Å². The van der Waals surface area contributed by atoms with Crippen molar-refractivity contribution in [2.75, 3.05) is 0 Å². The molecule has 0 bridgehead atoms. The Morgan fingerprint density at radius 1 is 1.05 bits per heavy atom. The van der Waals surface area contributed by atoms with Crippen LogP contribution in [0.25, 0.3) is 10.8 Å². The van der Waals surface area contributed by atoms with E-state index in [1.54, 1.807) is 12.1 Å². The summed E-state index contributed by atoms with van der Waals surface area (Å²) in [5, 5.41) is 11.2. The molecule has 0 atom stereocenters. The number of rotatable bonds is 2. The number of fused-ring (bicyclic) bond motifs is 1. The quantitative estimate of drug-likeness (QED) is 0.866. The molecular formula is C17H19BO4. The van der Waals surface area contributed by atoms with Crippen molar-refractivity contribution in [3.8, 4) is 0 Å². The van der Waals surface area contributed by atoms with Crippen molar-refractivity contribution >= 4 is 29.3 Å². The van der Waals surface area contributed by atoms with Crippen molar-refractivity contribution in [3.05, 3.63) is 42.0 Å². The maximum absolute atomic E-state index is 11.4. The van der Waals surface area contributed by atoms with E-state index >= 15 is 0 Å². The van der Waals surface area contributed by atoms with Gasteiger partial charge in [0.2, 0.25) is 0 Å². The van der Waals surface area contributed by atoms with Crippen LogP contribution in [0.15, 0.2) is 36.4 Å². The minimum Gasteiger partial charge on any atom is -0.478 e. The topological polar surface area (TPSA) is 55.8 Å². The molecule has 1 aliphatic rings. The molecule has 22 heavy (non-hydrogen) atoms. The Bertz CT molecular complexity index is 735. The summed E-state index contributed by atoms with van der Waals surface area (Å²) in [6.45, 7) is 7.93. The zero-order valence-electron chi connectivity index (χ0n) is 13.2. The minimum atomic E-state index is -0.955. The number of hydrogen-bond acceptors (Lipinski definition) is 3. The maximum atomic E-state index is 11.4. The SMILES string of the molecule is CC1(C)OB(c2cc(C(=O)O)cc3ccccc23)OC1(C)C. The summed E-state index contributed by atoms with van der Waals surface area (Å²) < 4.78 is 12.2. The predicted molar refractivity (Wildman–Crippen MR) is 86.6 cm³/mol. The molecule has 1 N–H and O–H groups in total. The second-order valence-corrected chi connectivity index (χ2v) is 6.68. The van der Waals surface area contributed by atoms with Crippen LogP contribution in [0.5, 0.6) is 0 Å². The summed E-state index contributed by atoms with van der Waals surface area (Å²) >= 11 is 0. The molecular weight excluding hydrogens is 279 g/mol. The lowest BCUT2D eigenvalue weighted by Crippen LogP contribution is -2.41. The highest BCUT2D eigenvalue weighted by molar-refractivity contribution is 6.65. The van der Waals surface area contributed by atoms with Gasteiger partial charge in [0.15, 0.2) is 0 Å². The molecule has 4 nitrogen and oxygen atoms in total. The number of benzene rings is 2. The molecule has 3 rings (SSSR count). The average Bonchev–Trinajstić information content (AvgIpc) is 2.66. The molecule has 1 saturated heterocycles. The molecule has 1 aliphatic heterocycles. The molecule has 0 unspecified atom stereocenters. The zero-order valence-corrected chi connectivity index (χ0v) is 13.2. The summed E-state index contributed by atoms with van der Waals surface area (Å²) in [5.74, 6) is -0.955. The molecule has 0 spiro atoms. The fourth-order valence-electron chi connectivity index (χ4n) is 2.63. The van der Waals surface area contributed by atoms with E-state index in [4.69, 9.17) is 9.31 Å². The maximum Gasteiger partial charge on any atom is 0.495 e. The van der Waals surface area contributed by atoms with Crippen molar-refractivity contribution in [1.29, 1.82) is 0 Å². The fraction of sp³-hybridized carbons (Fsp3) is 0.353. The summed E-state index contributed by atoms with van der Waals surface area (Å²) in [6.07, 6.45) is 0. The fourth-order valence-corrected chi connectivity index (χ4v) is 2.63. The number of carbonyl (C=O) groups is 1. The van der Waals surface area contributed by atoms with E-state index in [9.17, 15) is 9.90 Å². The number of carboxylic acids is 1. The first-order valence-corrected chi connectivity index (χ1v) is 7.33. The first kappa shape index (κ1) is 15.1. The van der Waals surface area contributed by atoms with Crippen LogP contribution < -0.4 is 5.46 Å². The van der Waals surface area contributed by atoms with Crippen molar-refractivity contribution in [3.63, 3.8) is 0 Å². The Hall–Kier alpha value is -1.85. The smallest absolute Gasteiger partial charge is 0.478 e. The molecule has 114 valence electrons. The van der Waals surface area contributed by atoms with Crippen LogP contribution in [-0.2, 0) is 9.31 Å². The standard InChI is InChI=1S/C17H19BO4/c1-16(2)17(3,4)22-18(21-16)14-10-12(15(19)20)9-11-7-5-6-8-13(11)14/h5-10H,1-4H3,(H,19,20). The first-order valence-electron chi connectivity index (χ1n) is 7.33. The lowest BCUT2D eigenvalue weighted by molar-refractivity contribution is 0.00578. The molecule has 0 amide bonds. The molecule has 1 heterocycles. The first-order chi connectivity index (χ1) is 10.2. The zero-order chi connectivity index (χ0) is 16.1. The molecule has 0 radical (unpaired) electrons. The third kappa shape index (κ3) is 2.30. The Kier molecular flexibility index (Phi) is 3.31. The molecule has 2 aromatic rings. The van der Waals surface area contributed by atoms with Gasteiger partial charge in [0.1, 0.15) is 0 Å².